The molecule has 0 unspecified atom stereocenters. The maximum absolute atomic E-state index is 12.0. The van der Waals surface area contributed by atoms with Crippen LogP contribution in [0.25, 0.3) is 6.08 Å². The van der Waals surface area contributed by atoms with E-state index in [2.05, 4.69) is 20.9 Å². The lowest BCUT2D eigenvalue weighted by Crippen LogP contribution is -2.19. The van der Waals surface area contributed by atoms with Gasteiger partial charge in [-0.05, 0) is 54.6 Å². The molecule has 2 aromatic carbocycles. The third kappa shape index (κ3) is 5.82. The van der Waals surface area contributed by atoms with E-state index in [4.69, 9.17) is 0 Å². The summed E-state index contributed by atoms with van der Waals surface area (Å²) < 4.78 is 0. The summed E-state index contributed by atoms with van der Waals surface area (Å²) >= 11 is 0. The average molecular weight is 358 g/mol. The van der Waals surface area contributed by atoms with Crippen molar-refractivity contribution in [2.45, 2.75) is 0 Å². The number of amides is 3. The number of hydrogen-bond acceptors (Lipinski definition) is 3. The Hall–Kier alpha value is -3.93. The largest absolute Gasteiger partial charge is 0.323 e. The second-order valence-electron chi connectivity index (χ2n) is 5.60. The standard InChI is InChI=1S/C21H18N4O2/c26-20(14-13-16-6-4-5-15-22-16)23-18-9-11-19(12-10-18)25-21(27)24-17-7-2-1-3-8-17/h1-15H,(H,23,26)(H2,24,25,27). The Morgan fingerprint density at radius 3 is 1.93 bits per heavy atom. The zero-order valence-electron chi connectivity index (χ0n) is 14.4. The summed E-state index contributed by atoms with van der Waals surface area (Å²) in [7, 11) is 0. The molecule has 0 saturated heterocycles. The van der Waals surface area contributed by atoms with Crippen LogP contribution in [0.5, 0.6) is 0 Å². The Bertz CT molecular complexity index is 923. The van der Waals surface area contributed by atoms with Gasteiger partial charge in [-0.2, -0.15) is 0 Å². The van der Waals surface area contributed by atoms with Crippen molar-refractivity contribution in [1.29, 1.82) is 0 Å². The average Bonchev–Trinajstić information content (AvgIpc) is 2.69. The molecule has 0 radical (unpaired) electrons. The highest BCUT2D eigenvalue weighted by Gasteiger charge is 2.03. The first-order chi connectivity index (χ1) is 13.2. The first kappa shape index (κ1) is 17.9. The SMILES string of the molecule is O=C(C=Cc1ccccn1)Nc1ccc(NC(=O)Nc2ccccc2)cc1. The fourth-order valence-corrected chi connectivity index (χ4v) is 2.27. The van der Waals surface area contributed by atoms with Gasteiger partial charge in [0, 0.05) is 29.3 Å². The van der Waals surface area contributed by atoms with E-state index in [9.17, 15) is 9.59 Å². The Labute approximate surface area is 157 Å². The van der Waals surface area contributed by atoms with Gasteiger partial charge in [-0.3, -0.25) is 9.78 Å². The number of nitrogens with one attached hydrogen (secondary N) is 3. The smallest absolute Gasteiger partial charge is 0.323 e. The number of benzene rings is 2. The van der Waals surface area contributed by atoms with E-state index in [1.54, 1.807) is 48.7 Å². The van der Waals surface area contributed by atoms with Crippen molar-refractivity contribution in [3.8, 4) is 0 Å². The summed E-state index contributed by atoms with van der Waals surface area (Å²) in [6.07, 6.45) is 4.72. The molecule has 0 aliphatic rings. The molecule has 27 heavy (non-hydrogen) atoms. The molecule has 0 spiro atoms. The van der Waals surface area contributed by atoms with Crippen molar-refractivity contribution in [2.75, 3.05) is 16.0 Å². The first-order valence-electron chi connectivity index (χ1n) is 8.32. The van der Waals surface area contributed by atoms with Crippen LogP contribution >= 0.6 is 0 Å². The number of aromatic nitrogens is 1. The number of urea groups is 1. The summed E-state index contributed by atoms with van der Waals surface area (Å²) in [5.74, 6) is -0.261. The molecule has 0 aliphatic heterocycles. The molecule has 0 aliphatic carbocycles. The lowest BCUT2D eigenvalue weighted by atomic mass is 10.2. The Balaban J connectivity index is 1.51. The zero-order valence-corrected chi connectivity index (χ0v) is 14.4. The molecular weight excluding hydrogens is 340 g/mol. The molecule has 3 rings (SSSR count). The van der Waals surface area contributed by atoms with Gasteiger partial charge in [0.1, 0.15) is 0 Å². The van der Waals surface area contributed by atoms with Crippen molar-refractivity contribution < 1.29 is 9.59 Å². The van der Waals surface area contributed by atoms with E-state index in [0.29, 0.717) is 22.8 Å². The summed E-state index contributed by atoms with van der Waals surface area (Å²) in [6, 6.07) is 21.2. The van der Waals surface area contributed by atoms with E-state index in [1.165, 1.54) is 6.08 Å². The predicted molar refractivity (Wildman–Crippen MR) is 107 cm³/mol. The predicted octanol–water partition coefficient (Wildman–Crippen LogP) is 4.38. The van der Waals surface area contributed by atoms with Crippen LogP contribution in [0.3, 0.4) is 0 Å². The number of rotatable bonds is 5. The third-order valence-electron chi connectivity index (χ3n) is 3.54. The second kappa shape index (κ2) is 8.96. The minimum absolute atomic E-state index is 0.261. The van der Waals surface area contributed by atoms with E-state index in [1.807, 2.05) is 36.4 Å². The molecule has 0 atom stereocenters. The minimum Gasteiger partial charge on any atom is -0.323 e. The maximum atomic E-state index is 12.0. The normalized spacial score (nSPS) is 10.4. The third-order valence-corrected chi connectivity index (χ3v) is 3.54. The van der Waals surface area contributed by atoms with Gasteiger partial charge >= 0.3 is 6.03 Å². The van der Waals surface area contributed by atoms with Crippen LogP contribution in [-0.4, -0.2) is 16.9 Å². The minimum atomic E-state index is -0.337. The molecule has 0 fully saturated rings. The molecule has 6 heteroatoms. The van der Waals surface area contributed by atoms with E-state index in [0.717, 1.165) is 0 Å². The highest BCUT2D eigenvalue weighted by atomic mass is 16.2. The van der Waals surface area contributed by atoms with Gasteiger partial charge in [0.2, 0.25) is 5.91 Å². The second-order valence-corrected chi connectivity index (χ2v) is 5.60. The van der Waals surface area contributed by atoms with Gasteiger partial charge in [-0.15, -0.1) is 0 Å². The Kier molecular flexibility index (Phi) is 5.93. The molecular formula is C21H18N4O2. The van der Waals surface area contributed by atoms with Crippen LogP contribution < -0.4 is 16.0 Å². The van der Waals surface area contributed by atoms with Crippen molar-refractivity contribution in [2.24, 2.45) is 0 Å². The molecule has 3 N–H and O–H groups in total. The Morgan fingerprint density at radius 2 is 1.30 bits per heavy atom. The summed E-state index contributed by atoms with van der Waals surface area (Å²) in [6.45, 7) is 0. The van der Waals surface area contributed by atoms with Gasteiger partial charge in [-0.25, -0.2) is 4.79 Å². The van der Waals surface area contributed by atoms with E-state index < -0.39 is 0 Å². The quantitative estimate of drug-likeness (QED) is 0.592. The van der Waals surface area contributed by atoms with Gasteiger partial charge in [0.15, 0.2) is 0 Å². The fraction of sp³-hybridized carbons (Fsp3) is 0. The molecule has 6 nitrogen and oxygen atoms in total. The fourth-order valence-electron chi connectivity index (χ4n) is 2.27. The number of nitrogens with zero attached hydrogens (tertiary/aromatic N) is 1. The summed E-state index contributed by atoms with van der Waals surface area (Å²) in [5, 5.41) is 8.22. The number of anilines is 3. The Morgan fingerprint density at radius 1 is 0.704 bits per heavy atom. The molecule has 0 bridgehead atoms. The number of para-hydroxylation sites is 1. The van der Waals surface area contributed by atoms with Crippen LogP contribution in [0.15, 0.2) is 85.1 Å². The monoisotopic (exact) mass is 358 g/mol. The molecule has 134 valence electrons. The lowest BCUT2D eigenvalue weighted by Gasteiger charge is -2.08. The van der Waals surface area contributed by atoms with Crippen LogP contribution in [0.1, 0.15) is 5.69 Å². The zero-order chi connectivity index (χ0) is 18.9. The first-order valence-corrected chi connectivity index (χ1v) is 8.32. The number of hydrogen-bond donors (Lipinski definition) is 3. The van der Waals surface area contributed by atoms with Crippen LogP contribution in [-0.2, 0) is 4.79 Å². The van der Waals surface area contributed by atoms with Crippen LogP contribution in [0, 0.1) is 0 Å². The van der Waals surface area contributed by atoms with Gasteiger partial charge < -0.3 is 16.0 Å². The number of pyridine rings is 1. The van der Waals surface area contributed by atoms with Gasteiger partial charge in [0.25, 0.3) is 0 Å². The molecule has 3 amide bonds. The summed E-state index contributed by atoms with van der Waals surface area (Å²) in [4.78, 5) is 28.0. The molecule has 0 saturated carbocycles. The van der Waals surface area contributed by atoms with Crippen LogP contribution in [0.2, 0.25) is 0 Å². The topological polar surface area (TPSA) is 83.1 Å². The van der Waals surface area contributed by atoms with Crippen molar-refractivity contribution in [3.63, 3.8) is 0 Å². The number of carbonyl (C=O) groups excluding carboxylic acids is 2. The number of carbonyl (C=O) groups is 2. The van der Waals surface area contributed by atoms with E-state index in [-0.39, 0.29) is 11.9 Å². The summed E-state index contributed by atoms with van der Waals surface area (Å²) in [5.41, 5.74) is 2.65. The van der Waals surface area contributed by atoms with Gasteiger partial charge in [-0.1, -0.05) is 24.3 Å². The van der Waals surface area contributed by atoms with Crippen LogP contribution in [0.4, 0.5) is 21.9 Å². The van der Waals surface area contributed by atoms with Gasteiger partial charge in [0.05, 0.1) is 5.69 Å². The maximum Gasteiger partial charge on any atom is 0.323 e. The van der Waals surface area contributed by atoms with Crippen molar-refractivity contribution in [3.05, 3.63) is 90.8 Å². The molecule has 3 aromatic rings. The highest BCUT2D eigenvalue weighted by Crippen LogP contribution is 2.14. The molecule has 1 heterocycles. The highest BCUT2D eigenvalue weighted by molar-refractivity contribution is 6.02. The van der Waals surface area contributed by atoms with E-state index >= 15 is 0 Å². The van der Waals surface area contributed by atoms with Crippen molar-refractivity contribution in [1.82, 2.24) is 4.98 Å². The molecule has 1 aromatic heterocycles. The lowest BCUT2D eigenvalue weighted by molar-refractivity contribution is -0.111. The van der Waals surface area contributed by atoms with Crippen molar-refractivity contribution >= 4 is 35.1 Å².